The van der Waals surface area contributed by atoms with Crippen molar-refractivity contribution in [1.29, 1.82) is 0 Å². The summed E-state index contributed by atoms with van der Waals surface area (Å²) in [5.41, 5.74) is 1.59. The molecule has 0 N–H and O–H groups in total. The van der Waals surface area contributed by atoms with Crippen LogP contribution in [0.3, 0.4) is 0 Å². The van der Waals surface area contributed by atoms with Crippen molar-refractivity contribution in [2.24, 2.45) is 0 Å². The third-order valence-corrected chi connectivity index (χ3v) is 5.21. The first-order valence-corrected chi connectivity index (χ1v) is 9.23. The van der Waals surface area contributed by atoms with Crippen LogP contribution < -0.4 is 4.90 Å². The number of hydrogen-bond donors (Lipinski definition) is 0. The Hall–Kier alpha value is -1.76. The first-order valence-electron chi connectivity index (χ1n) is 7.62. The van der Waals surface area contributed by atoms with Crippen molar-refractivity contribution < 1.29 is 4.79 Å². The topological polar surface area (TPSA) is 36.4 Å². The van der Waals surface area contributed by atoms with Crippen molar-refractivity contribution in [2.45, 2.75) is 0 Å². The van der Waals surface area contributed by atoms with Gasteiger partial charge in [-0.2, -0.15) is 0 Å². The molecule has 0 aliphatic rings. The molecule has 2 aromatic carbocycles. The van der Waals surface area contributed by atoms with Crippen molar-refractivity contribution in [3.63, 3.8) is 0 Å². The lowest BCUT2D eigenvalue weighted by atomic mass is 10.2. The summed E-state index contributed by atoms with van der Waals surface area (Å²) in [6.45, 7) is 1.37. The minimum absolute atomic E-state index is 0.0246. The number of rotatable bonds is 5. The number of carbonyl (C=O) groups excluding carboxylic acids is 1. The maximum absolute atomic E-state index is 13.0. The highest BCUT2D eigenvalue weighted by atomic mass is 79.9. The number of aromatic nitrogens is 1. The lowest BCUT2D eigenvalue weighted by Gasteiger charge is -2.22. The summed E-state index contributed by atoms with van der Waals surface area (Å²) in [7, 11) is 4.00. The lowest BCUT2D eigenvalue weighted by molar-refractivity contribution is 0.0985. The Labute approximate surface area is 153 Å². The van der Waals surface area contributed by atoms with Gasteiger partial charge in [-0.25, -0.2) is 4.98 Å². The quantitative estimate of drug-likeness (QED) is 0.638. The van der Waals surface area contributed by atoms with E-state index in [1.165, 1.54) is 0 Å². The van der Waals surface area contributed by atoms with Crippen LogP contribution in [-0.4, -0.2) is 43.0 Å². The van der Waals surface area contributed by atoms with Gasteiger partial charge in [0.25, 0.3) is 5.91 Å². The first kappa shape index (κ1) is 17.1. The molecule has 0 saturated carbocycles. The summed E-state index contributed by atoms with van der Waals surface area (Å²) in [6, 6.07) is 15.4. The minimum atomic E-state index is -0.0246. The van der Waals surface area contributed by atoms with Crippen molar-refractivity contribution in [2.75, 3.05) is 32.1 Å². The molecule has 0 fully saturated rings. The number of nitrogens with zero attached hydrogens (tertiary/aromatic N) is 3. The molecule has 4 nitrogen and oxygen atoms in total. The molecule has 0 spiro atoms. The van der Waals surface area contributed by atoms with E-state index in [-0.39, 0.29) is 5.91 Å². The molecule has 0 unspecified atom stereocenters. The molecule has 0 aliphatic heterocycles. The molecule has 124 valence electrons. The molecule has 1 heterocycles. The van der Waals surface area contributed by atoms with Crippen molar-refractivity contribution >= 4 is 48.5 Å². The molecule has 0 saturated heterocycles. The van der Waals surface area contributed by atoms with Gasteiger partial charge in [0.2, 0.25) is 0 Å². The maximum atomic E-state index is 13.0. The van der Waals surface area contributed by atoms with Crippen LogP contribution in [0, 0.1) is 0 Å². The third kappa shape index (κ3) is 3.83. The van der Waals surface area contributed by atoms with E-state index in [1.54, 1.807) is 16.2 Å². The van der Waals surface area contributed by atoms with Crippen LogP contribution in [0.4, 0.5) is 5.13 Å². The molecular formula is C18H18BrN3OS. The fourth-order valence-electron chi connectivity index (χ4n) is 2.31. The average Bonchev–Trinajstić information content (AvgIpc) is 2.99. The highest BCUT2D eigenvalue weighted by Crippen LogP contribution is 2.29. The monoisotopic (exact) mass is 403 g/mol. The van der Waals surface area contributed by atoms with Crippen molar-refractivity contribution in [1.82, 2.24) is 9.88 Å². The zero-order chi connectivity index (χ0) is 17.1. The maximum Gasteiger partial charge on any atom is 0.260 e. The van der Waals surface area contributed by atoms with E-state index >= 15 is 0 Å². The molecule has 0 atom stereocenters. The zero-order valence-electron chi connectivity index (χ0n) is 13.6. The summed E-state index contributed by atoms with van der Waals surface area (Å²) in [4.78, 5) is 21.5. The predicted molar refractivity (Wildman–Crippen MR) is 104 cm³/mol. The Morgan fingerprint density at radius 1 is 1.08 bits per heavy atom. The molecule has 6 heteroatoms. The summed E-state index contributed by atoms with van der Waals surface area (Å²) in [6.07, 6.45) is 0. The van der Waals surface area contributed by atoms with E-state index in [4.69, 9.17) is 0 Å². The standard InChI is InChI=1S/C18H18BrN3OS/c1-21(2)11-12-22(17(23)13-7-9-14(19)10-8-13)18-20-15-5-3-4-6-16(15)24-18/h3-10H,11-12H2,1-2H3. The van der Waals surface area contributed by atoms with Crippen LogP contribution in [0.25, 0.3) is 10.2 Å². The number of para-hydroxylation sites is 1. The van der Waals surface area contributed by atoms with Gasteiger partial charge in [0.05, 0.1) is 10.2 Å². The van der Waals surface area contributed by atoms with Crippen LogP contribution in [0.2, 0.25) is 0 Å². The fourth-order valence-corrected chi connectivity index (χ4v) is 3.56. The predicted octanol–water partition coefficient (Wildman–Crippen LogP) is 4.27. The van der Waals surface area contributed by atoms with Gasteiger partial charge in [-0.3, -0.25) is 9.69 Å². The smallest absolute Gasteiger partial charge is 0.260 e. The third-order valence-electron chi connectivity index (χ3n) is 3.62. The van der Waals surface area contributed by atoms with E-state index in [2.05, 4.69) is 25.8 Å². The van der Waals surface area contributed by atoms with E-state index in [9.17, 15) is 4.79 Å². The fraction of sp³-hybridized carbons (Fsp3) is 0.222. The number of hydrogen-bond acceptors (Lipinski definition) is 4. The second-order valence-electron chi connectivity index (χ2n) is 5.73. The summed E-state index contributed by atoms with van der Waals surface area (Å²) in [5.74, 6) is -0.0246. The van der Waals surface area contributed by atoms with E-state index < -0.39 is 0 Å². The second kappa shape index (κ2) is 7.42. The van der Waals surface area contributed by atoms with Gasteiger partial charge in [-0.05, 0) is 50.5 Å². The normalized spacial score (nSPS) is 11.2. The Morgan fingerprint density at radius 3 is 2.46 bits per heavy atom. The zero-order valence-corrected chi connectivity index (χ0v) is 16.0. The highest BCUT2D eigenvalue weighted by molar-refractivity contribution is 9.10. The molecular weight excluding hydrogens is 386 g/mol. The Bertz CT molecular complexity index is 812. The summed E-state index contributed by atoms with van der Waals surface area (Å²) < 4.78 is 2.05. The van der Waals surface area contributed by atoms with Crippen molar-refractivity contribution in [3.8, 4) is 0 Å². The number of likely N-dealkylation sites (N-methyl/N-ethyl adjacent to an activating group) is 1. The molecule has 1 aromatic heterocycles. The van der Waals surface area contributed by atoms with E-state index in [1.807, 2.05) is 62.6 Å². The van der Waals surface area contributed by atoms with Crippen LogP contribution >= 0.6 is 27.3 Å². The molecule has 0 radical (unpaired) electrons. The number of anilines is 1. The van der Waals surface area contributed by atoms with Gasteiger partial charge in [0.15, 0.2) is 5.13 Å². The van der Waals surface area contributed by atoms with Crippen LogP contribution in [0.15, 0.2) is 53.0 Å². The number of thiazole rings is 1. The Morgan fingerprint density at radius 2 is 1.79 bits per heavy atom. The van der Waals surface area contributed by atoms with Gasteiger partial charge in [-0.1, -0.05) is 39.4 Å². The molecule has 3 aromatic rings. The Kier molecular flexibility index (Phi) is 5.28. The van der Waals surface area contributed by atoms with E-state index in [0.29, 0.717) is 12.1 Å². The van der Waals surface area contributed by atoms with Gasteiger partial charge < -0.3 is 4.90 Å². The highest BCUT2D eigenvalue weighted by Gasteiger charge is 2.21. The molecule has 1 amide bonds. The minimum Gasteiger partial charge on any atom is -0.308 e. The number of fused-ring (bicyclic) bond motifs is 1. The average molecular weight is 404 g/mol. The van der Waals surface area contributed by atoms with Gasteiger partial charge >= 0.3 is 0 Å². The number of carbonyl (C=O) groups is 1. The SMILES string of the molecule is CN(C)CCN(C(=O)c1ccc(Br)cc1)c1nc2ccccc2s1. The van der Waals surface area contributed by atoms with E-state index in [0.717, 1.165) is 26.4 Å². The van der Waals surface area contributed by atoms with Gasteiger partial charge in [-0.15, -0.1) is 0 Å². The number of benzene rings is 2. The number of halogens is 1. The molecule has 0 aliphatic carbocycles. The van der Waals surface area contributed by atoms with Crippen LogP contribution in [-0.2, 0) is 0 Å². The number of amides is 1. The van der Waals surface area contributed by atoms with Gasteiger partial charge in [0.1, 0.15) is 0 Å². The lowest BCUT2D eigenvalue weighted by Crippen LogP contribution is -2.36. The molecule has 0 bridgehead atoms. The van der Waals surface area contributed by atoms with Crippen LogP contribution in [0.5, 0.6) is 0 Å². The second-order valence-corrected chi connectivity index (χ2v) is 7.66. The first-order chi connectivity index (χ1) is 11.5. The van der Waals surface area contributed by atoms with Gasteiger partial charge in [0, 0.05) is 23.1 Å². The Balaban J connectivity index is 1.95. The summed E-state index contributed by atoms with van der Waals surface area (Å²) >= 11 is 4.96. The van der Waals surface area contributed by atoms with Crippen LogP contribution in [0.1, 0.15) is 10.4 Å². The van der Waals surface area contributed by atoms with Crippen molar-refractivity contribution in [3.05, 3.63) is 58.6 Å². The molecule has 3 rings (SSSR count). The molecule has 24 heavy (non-hydrogen) atoms. The summed E-state index contributed by atoms with van der Waals surface area (Å²) in [5, 5.41) is 0.742. The largest absolute Gasteiger partial charge is 0.308 e.